The Kier molecular flexibility index (Phi) is 6.82. The zero-order chi connectivity index (χ0) is 20.8. The number of nitrogens with one attached hydrogen (secondary N) is 1. The minimum Gasteiger partial charge on any atom is -0.488 e. The van der Waals surface area contributed by atoms with E-state index in [-0.39, 0.29) is 30.9 Å². The van der Waals surface area contributed by atoms with Gasteiger partial charge in [0.2, 0.25) is 0 Å². The van der Waals surface area contributed by atoms with Gasteiger partial charge in [-0.15, -0.1) is 0 Å². The molecule has 1 aromatic heterocycles. The van der Waals surface area contributed by atoms with Crippen LogP contribution in [0.25, 0.3) is 11.0 Å². The maximum atomic E-state index is 12.8. The van der Waals surface area contributed by atoms with Crippen LogP contribution in [-0.2, 0) is 17.9 Å². The average molecular weight is 403 g/mol. The van der Waals surface area contributed by atoms with Crippen molar-refractivity contribution in [1.29, 1.82) is 0 Å². The fraction of sp³-hybridized carbons (Fsp3) is 0.318. The Morgan fingerprint density at radius 3 is 2.69 bits per heavy atom. The van der Waals surface area contributed by atoms with Crippen LogP contribution in [0.2, 0.25) is 0 Å². The summed E-state index contributed by atoms with van der Waals surface area (Å²) in [5, 5.41) is 3.64. The van der Waals surface area contributed by atoms with E-state index < -0.39 is 13.0 Å². The maximum Gasteiger partial charge on any atom is 0.287 e. The van der Waals surface area contributed by atoms with E-state index in [1.54, 1.807) is 30.3 Å². The van der Waals surface area contributed by atoms with Gasteiger partial charge in [0, 0.05) is 17.5 Å². The first-order chi connectivity index (χ1) is 13.9. The maximum absolute atomic E-state index is 12.8. The lowest BCUT2D eigenvalue weighted by Crippen LogP contribution is -2.23. The number of amides is 1. The number of para-hydroxylation sites is 1. The summed E-state index contributed by atoms with van der Waals surface area (Å²) >= 11 is 0. The summed E-state index contributed by atoms with van der Waals surface area (Å²) in [4.78, 5) is 12.8. The SMILES string of the molecule is CC(C)OCc1c(C(=O)NCc2cccc(OCC(F)F)c2)oc2ccccc12. The normalized spacial score (nSPS) is 11.4. The third-order valence-electron chi connectivity index (χ3n) is 4.19. The molecule has 1 heterocycles. The van der Waals surface area contributed by atoms with Gasteiger partial charge < -0.3 is 19.2 Å². The van der Waals surface area contributed by atoms with Crippen molar-refractivity contribution in [3.63, 3.8) is 0 Å². The molecule has 29 heavy (non-hydrogen) atoms. The minimum absolute atomic E-state index is 0.00977. The van der Waals surface area contributed by atoms with Gasteiger partial charge in [-0.1, -0.05) is 30.3 Å². The predicted molar refractivity (Wildman–Crippen MR) is 105 cm³/mol. The van der Waals surface area contributed by atoms with Crippen LogP contribution in [0.4, 0.5) is 8.78 Å². The van der Waals surface area contributed by atoms with Crippen LogP contribution in [-0.4, -0.2) is 25.0 Å². The van der Waals surface area contributed by atoms with Gasteiger partial charge in [0.05, 0.1) is 12.7 Å². The van der Waals surface area contributed by atoms with Gasteiger partial charge in [0.25, 0.3) is 12.3 Å². The average Bonchev–Trinajstić information content (AvgIpc) is 3.08. The second-order valence-electron chi connectivity index (χ2n) is 6.80. The lowest BCUT2D eigenvalue weighted by Gasteiger charge is -2.10. The molecule has 1 amide bonds. The number of carbonyl (C=O) groups is 1. The molecule has 0 radical (unpaired) electrons. The van der Waals surface area contributed by atoms with E-state index in [4.69, 9.17) is 13.9 Å². The van der Waals surface area contributed by atoms with Crippen LogP contribution in [0.15, 0.2) is 52.9 Å². The topological polar surface area (TPSA) is 60.7 Å². The Labute approximate surface area is 167 Å². The van der Waals surface area contributed by atoms with Gasteiger partial charge >= 0.3 is 0 Å². The number of rotatable bonds is 9. The molecule has 0 unspecified atom stereocenters. The highest BCUT2D eigenvalue weighted by molar-refractivity contribution is 5.99. The van der Waals surface area contributed by atoms with E-state index in [0.717, 1.165) is 10.9 Å². The van der Waals surface area contributed by atoms with Crippen molar-refractivity contribution in [2.75, 3.05) is 6.61 Å². The molecule has 0 aliphatic carbocycles. The molecule has 0 bridgehead atoms. The fourth-order valence-electron chi connectivity index (χ4n) is 2.84. The van der Waals surface area contributed by atoms with Crippen molar-refractivity contribution in [2.24, 2.45) is 0 Å². The summed E-state index contributed by atoms with van der Waals surface area (Å²) in [5.41, 5.74) is 2.03. The van der Waals surface area contributed by atoms with E-state index >= 15 is 0 Å². The predicted octanol–water partition coefficient (Wildman–Crippen LogP) is 4.93. The number of fused-ring (bicyclic) bond motifs is 1. The molecule has 0 atom stereocenters. The smallest absolute Gasteiger partial charge is 0.287 e. The van der Waals surface area contributed by atoms with Crippen LogP contribution in [0.5, 0.6) is 5.75 Å². The largest absolute Gasteiger partial charge is 0.488 e. The first-order valence-corrected chi connectivity index (χ1v) is 9.34. The van der Waals surface area contributed by atoms with E-state index in [2.05, 4.69) is 5.32 Å². The third kappa shape index (κ3) is 5.54. The van der Waals surface area contributed by atoms with E-state index in [0.29, 0.717) is 16.9 Å². The minimum atomic E-state index is -2.54. The lowest BCUT2D eigenvalue weighted by molar-refractivity contribution is 0.0643. The zero-order valence-corrected chi connectivity index (χ0v) is 16.3. The number of hydrogen-bond donors (Lipinski definition) is 1. The molecular formula is C22H23F2NO4. The Hall–Kier alpha value is -2.93. The van der Waals surface area contributed by atoms with Crippen molar-refractivity contribution in [1.82, 2.24) is 5.32 Å². The number of ether oxygens (including phenoxy) is 2. The van der Waals surface area contributed by atoms with Gasteiger partial charge in [-0.05, 0) is 37.6 Å². The molecular weight excluding hydrogens is 380 g/mol. The summed E-state index contributed by atoms with van der Waals surface area (Å²) in [6.07, 6.45) is -2.53. The molecule has 3 aromatic rings. The van der Waals surface area contributed by atoms with Gasteiger partial charge in [-0.3, -0.25) is 4.79 Å². The molecule has 0 aliphatic heterocycles. The molecule has 7 heteroatoms. The van der Waals surface area contributed by atoms with Gasteiger partial charge in [0.15, 0.2) is 5.76 Å². The Morgan fingerprint density at radius 1 is 1.14 bits per heavy atom. The van der Waals surface area contributed by atoms with Gasteiger partial charge in [-0.25, -0.2) is 8.78 Å². The molecule has 0 saturated heterocycles. The van der Waals surface area contributed by atoms with Gasteiger partial charge in [-0.2, -0.15) is 0 Å². The molecule has 0 fully saturated rings. The van der Waals surface area contributed by atoms with E-state index in [1.807, 2.05) is 32.0 Å². The summed E-state index contributed by atoms with van der Waals surface area (Å²) in [7, 11) is 0. The number of hydrogen-bond acceptors (Lipinski definition) is 4. The third-order valence-corrected chi connectivity index (χ3v) is 4.19. The number of carbonyl (C=O) groups excluding carboxylic acids is 1. The number of halogens is 2. The highest BCUT2D eigenvalue weighted by Crippen LogP contribution is 2.27. The highest BCUT2D eigenvalue weighted by Gasteiger charge is 2.20. The van der Waals surface area contributed by atoms with Gasteiger partial charge in [0.1, 0.15) is 17.9 Å². The van der Waals surface area contributed by atoms with Crippen LogP contribution in [0, 0.1) is 0 Å². The van der Waals surface area contributed by atoms with Crippen molar-refractivity contribution >= 4 is 16.9 Å². The molecule has 5 nitrogen and oxygen atoms in total. The molecule has 0 aliphatic rings. The van der Waals surface area contributed by atoms with E-state index in [1.165, 1.54) is 0 Å². The highest BCUT2D eigenvalue weighted by atomic mass is 19.3. The number of alkyl halides is 2. The second kappa shape index (κ2) is 9.52. The molecule has 0 spiro atoms. The second-order valence-corrected chi connectivity index (χ2v) is 6.80. The lowest BCUT2D eigenvalue weighted by atomic mass is 10.1. The summed E-state index contributed by atoms with van der Waals surface area (Å²) in [6.45, 7) is 3.63. The molecule has 3 rings (SSSR count). The fourth-order valence-corrected chi connectivity index (χ4v) is 2.84. The standard InChI is InChI=1S/C22H23F2NO4/c1-14(2)27-12-18-17-8-3-4-9-19(17)29-21(18)22(26)25-11-15-6-5-7-16(10-15)28-13-20(23)24/h3-10,14,20H,11-13H2,1-2H3,(H,25,26). The van der Waals surface area contributed by atoms with Crippen molar-refractivity contribution < 1.29 is 27.5 Å². The molecule has 1 N–H and O–H groups in total. The van der Waals surface area contributed by atoms with Crippen molar-refractivity contribution in [3.8, 4) is 5.75 Å². The molecule has 154 valence electrons. The van der Waals surface area contributed by atoms with Crippen molar-refractivity contribution in [2.45, 2.75) is 39.5 Å². The van der Waals surface area contributed by atoms with Crippen LogP contribution >= 0.6 is 0 Å². The monoisotopic (exact) mass is 403 g/mol. The number of furan rings is 1. The Morgan fingerprint density at radius 2 is 1.93 bits per heavy atom. The molecule has 2 aromatic carbocycles. The van der Waals surface area contributed by atoms with Crippen LogP contribution in [0.3, 0.4) is 0 Å². The zero-order valence-electron chi connectivity index (χ0n) is 16.3. The summed E-state index contributed by atoms with van der Waals surface area (Å²) in [6, 6.07) is 14.1. The first kappa shape index (κ1) is 20.8. The molecule has 0 saturated carbocycles. The Bertz CT molecular complexity index is 968. The quantitative estimate of drug-likeness (QED) is 0.550. The Balaban J connectivity index is 1.73. The first-order valence-electron chi connectivity index (χ1n) is 9.34. The van der Waals surface area contributed by atoms with Crippen molar-refractivity contribution in [3.05, 3.63) is 65.4 Å². The van der Waals surface area contributed by atoms with Crippen LogP contribution < -0.4 is 10.1 Å². The summed E-state index contributed by atoms with van der Waals surface area (Å²) < 4.78 is 41.1. The van der Waals surface area contributed by atoms with Crippen LogP contribution in [0.1, 0.15) is 35.5 Å². The van der Waals surface area contributed by atoms with E-state index in [9.17, 15) is 13.6 Å². The number of benzene rings is 2. The summed E-state index contributed by atoms with van der Waals surface area (Å²) in [5.74, 6) is 0.159.